The van der Waals surface area contributed by atoms with Crippen LogP contribution in [0.15, 0.2) is 6.20 Å². The summed E-state index contributed by atoms with van der Waals surface area (Å²) in [5.74, 6) is 0.631. The molecule has 0 aliphatic carbocycles. The molecule has 0 radical (unpaired) electrons. The molecule has 1 unspecified atom stereocenters. The molecule has 1 aliphatic rings. The first kappa shape index (κ1) is 12.6. The number of rotatable bonds is 3. The highest BCUT2D eigenvalue weighted by Gasteiger charge is 2.31. The molecular weight excluding hydrogens is 240 g/mol. The van der Waals surface area contributed by atoms with Crippen molar-refractivity contribution in [2.45, 2.75) is 38.8 Å². The number of aromatic nitrogens is 2. The summed E-state index contributed by atoms with van der Waals surface area (Å²) in [6, 6.07) is -0.0716. The standard InChI is InChI=1S/C11H18N2O3S/c1-8(2)11-9(6-14)5-12-13(11)10-3-4-17(15,16)7-10/h5,8,10,14H,3-4,6-7H2,1-2H3. The number of sulfone groups is 1. The highest BCUT2D eigenvalue weighted by atomic mass is 32.2. The van der Waals surface area contributed by atoms with Crippen LogP contribution in [0.2, 0.25) is 0 Å². The minimum atomic E-state index is -2.91. The Bertz CT molecular complexity index is 505. The largest absolute Gasteiger partial charge is 0.392 e. The van der Waals surface area contributed by atoms with Gasteiger partial charge in [-0.25, -0.2) is 8.42 Å². The van der Waals surface area contributed by atoms with Crippen LogP contribution in [0.5, 0.6) is 0 Å². The average Bonchev–Trinajstić information content (AvgIpc) is 2.80. The second-order valence-corrected chi connectivity index (χ2v) is 7.10. The van der Waals surface area contributed by atoms with Crippen molar-refractivity contribution < 1.29 is 13.5 Å². The predicted octanol–water partition coefficient (Wildman–Crippen LogP) is 0.858. The van der Waals surface area contributed by atoms with Gasteiger partial charge >= 0.3 is 0 Å². The Morgan fingerprint density at radius 2 is 2.29 bits per heavy atom. The van der Waals surface area contributed by atoms with Crippen molar-refractivity contribution in [1.29, 1.82) is 0 Å². The lowest BCUT2D eigenvalue weighted by molar-refractivity contribution is 0.279. The molecule has 1 atom stereocenters. The van der Waals surface area contributed by atoms with Crippen LogP contribution in [0.3, 0.4) is 0 Å². The van der Waals surface area contributed by atoms with Crippen LogP contribution in [0.4, 0.5) is 0 Å². The Morgan fingerprint density at radius 3 is 2.76 bits per heavy atom. The van der Waals surface area contributed by atoms with E-state index in [1.54, 1.807) is 10.9 Å². The molecule has 0 saturated carbocycles. The van der Waals surface area contributed by atoms with Gasteiger partial charge < -0.3 is 5.11 Å². The summed E-state index contributed by atoms with van der Waals surface area (Å²) < 4.78 is 24.8. The SMILES string of the molecule is CC(C)c1c(CO)cnn1C1CCS(=O)(=O)C1. The summed E-state index contributed by atoms with van der Waals surface area (Å²) in [5.41, 5.74) is 1.75. The van der Waals surface area contributed by atoms with Gasteiger partial charge in [0.2, 0.25) is 0 Å². The van der Waals surface area contributed by atoms with Crippen molar-refractivity contribution in [1.82, 2.24) is 9.78 Å². The van der Waals surface area contributed by atoms with E-state index in [9.17, 15) is 13.5 Å². The summed E-state index contributed by atoms with van der Waals surface area (Å²) in [6.07, 6.45) is 2.26. The Labute approximate surface area is 101 Å². The number of aliphatic hydroxyl groups is 1. The predicted molar refractivity (Wildman–Crippen MR) is 64.5 cm³/mol. The third kappa shape index (κ3) is 2.37. The van der Waals surface area contributed by atoms with Crippen LogP contribution in [0.1, 0.15) is 43.5 Å². The number of aliphatic hydroxyl groups excluding tert-OH is 1. The van der Waals surface area contributed by atoms with Gasteiger partial charge in [-0.1, -0.05) is 13.8 Å². The van der Waals surface area contributed by atoms with Gasteiger partial charge in [-0.2, -0.15) is 5.10 Å². The van der Waals surface area contributed by atoms with E-state index >= 15 is 0 Å². The van der Waals surface area contributed by atoms with E-state index in [1.807, 2.05) is 13.8 Å². The molecule has 2 heterocycles. The summed E-state index contributed by atoms with van der Waals surface area (Å²) in [6.45, 7) is 4.00. The zero-order chi connectivity index (χ0) is 12.6. The molecule has 96 valence electrons. The molecule has 0 spiro atoms. The van der Waals surface area contributed by atoms with Gasteiger partial charge in [-0.05, 0) is 12.3 Å². The molecule has 1 aromatic heterocycles. The van der Waals surface area contributed by atoms with Gasteiger partial charge in [0.1, 0.15) is 0 Å². The number of hydrogen-bond donors (Lipinski definition) is 1. The summed E-state index contributed by atoms with van der Waals surface area (Å²) >= 11 is 0. The highest BCUT2D eigenvalue weighted by Crippen LogP contribution is 2.29. The fourth-order valence-electron chi connectivity index (χ4n) is 2.42. The summed E-state index contributed by atoms with van der Waals surface area (Å²) in [4.78, 5) is 0. The van der Waals surface area contributed by atoms with Gasteiger partial charge in [0.15, 0.2) is 9.84 Å². The smallest absolute Gasteiger partial charge is 0.152 e. The lowest BCUT2D eigenvalue weighted by atomic mass is 10.1. The molecular formula is C11H18N2O3S. The maximum atomic E-state index is 11.5. The third-order valence-corrected chi connectivity index (χ3v) is 4.94. The average molecular weight is 258 g/mol. The molecule has 17 heavy (non-hydrogen) atoms. The van der Waals surface area contributed by atoms with Gasteiger partial charge in [-0.15, -0.1) is 0 Å². The molecule has 0 amide bonds. The van der Waals surface area contributed by atoms with Crippen molar-refractivity contribution in [3.05, 3.63) is 17.5 Å². The van der Waals surface area contributed by atoms with Crippen LogP contribution >= 0.6 is 0 Å². The maximum Gasteiger partial charge on any atom is 0.152 e. The fourth-order valence-corrected chi connectivity index (χ4v) is 4.12. The third-order valence-electron chi connectivity index (χ3n) is 3.19. The summed E-state index contributed by atoms with van der Waals surface area (Å²) in [5, 5.41) is 13.5. The van der Waals surface area contributed by atoms with Crippen molar-refractivity contribution in [3.8, 4) is 0 Å². The first-order chi connectivity index (χ1) is 7.94. The van der Waals surface area contributed by atoms with Gasteiger partial charge in [0, 0.05) is 11.3 Å². The monoisotopic (exact) mass is 258 g/mol. The van der Waals surface area contributed by atoms with Gasteiger partial charge in [0.25, 0.3) is 0 Å². The molecule has 0 aromatic carbocycles. The quantitative estimate of drug-likeness (QED) is 0.872. The van der Waals surface area contributed by atoms with Crippen molar-refractivity contribution >= 4 is 9.84 Å². The second-order valence-electron chi connectivity index (χ2n) is 4.87. The van der Waals surface area contributed by atoms with E-state index in [4.69, 9.17) is 0 Å². The lowest BCUT2D eigenvalue weighted by Crippen LogP contribution is -2.16. The Kier molecular flexibility index (Phi) is 3.27. The van der Waals surface area contributed by atoms with Crippen molar-refractivity contribution in [3.63, 3.8) is 0 Å². The zero-order valence-corrected chi connectivity index (χ0v) is 10.9. The molecule has 1 fully saturated rings. The first-order valence-electron chi connectivity index (χ1n) is 5.82. The van der Waals surface area contributed by atoms with Gasteiger partial charge in [0.05, 0.1) is 30.4 Å². The Morgan fingerprint density at radius 1 is 1.59 bits per heavy atom. The second kappa shape index (κ2) is 4.42. The molecule has 0 bridgehead atoms. The Hall–Kier alpha value is -0.880. The van der Waals surface area contributed by atoms with E-state index in [-0.39, 0.29) is 30.1 Å². The van der Waals surface area contributed by atoms with Crippen LogP contribution in [0, 0.1) is 0 Å². The molecule has 5 nitrogen and oxygen atoms in total. The summed E-state index contributed by atoms with van der Waals surface area (Å²) in [7, 11) is -2.91. The topological polar surface area (TPSA) is 72.2 Å². The van der Waals surface area contributed by atoms with Crippen molar-refractivity contribution in [2.75, 3.05) is 11.5 Å². The van der Waals surface area contributed by atoms with Crippen LogP contribution in [-0.4, -0.2) is 34.8 Å². The lowest BCUT2D eigenvalue weighted by Gasteiger charge is -2.16. The zero-order valence-electron chi connectivity index (χ0n) is 10.1. The van der Waals surface area contributed by atoms with Crippen LogP contribution in [-0.2, 0) is 16.4 Å². The first-order valence-corrected chi connectivity index (χ1v) is 7.64. The highest BCUT2D eigenvalue weighted by molar-refractivity contribution is 7.91. The van der Waals surface area contributed by atoms with E-state index in [0.29, 0.717) is 6.42 Å². The maximum absolute atomic E-state index is 11.5. The Balaban J connectivity index is 2.36. The molecule has 1 N–H and O–H groups in total. The fraction of sp³-hybridized carbons (Fsp3) is 0.727. The minimum Gasteiger partial charge on any atom is -0.392 e. The molecule has 2 rings (SSSR count). The van der Waals surface area contributed by atoms with Gasteiger partial charge in [-0.3, -0.25) is 4.68 Å². The van der Waals surface area contributed by atoms with Crippen LogP contribution in [0.25, 0.3) is 0 Å². The molecule has 1 aromatic rings. The molecule has 6 heteroatoms. The molecule has 1 saturated heterocycles. The van der Waals surface area contributed by atoms with E-state index < -0.39 is 9.84 Å². The van der Waals surface area contributed by atoms with E-state index in [0.717, 1.165) is 11.3 Å². The number of hydrogen-bond acceptors (Lipinski definition) is 4. The van der Waals surface area contributed by atoms with E-state index in [1.165, 1.54) is 0 Å². The minimum absolute atomic E-state index is 0.0486. The number of nitrogens with zero attached hydrogens (tertiary/aromatic N) is 2. The van der Waals surface area contributed by atoms with Crippen LogP contribution < -0.4 is 0 Å². The van der Waals surface area contributed by atoms with E-state index in [2.05, 4.69) is 5.10 Å². The molecule has 1 aliphatic heterocycles. The normalized spacial score (nSPS) is 23.4. The van der Waals surface area contributed by atoms with Crippen molar-refractivity contribution in [2.24, 2.45) is 0 Å².